The molecule has 7 nitrogen and oxygen atoms in total. The largest absolute Gasteiger partial charge is 0.478 e. The Morgan fingerprint density at radius 3 is 2.37 bits per heavy atom. The van der Waals surface area contributed by atoms with Crippen molar-refractivity contribution < 1.29 is 37.4 Å². The average Bonchev–Trinajstić information content (AvgIpc) is 3.31. The zero-order chi connectivity index (χ0) is 27.9. The lowest BCUT2D eigenvalue weighted by molar-refractivity contribution is -0.172. The molecule has 2 aliphatic rings. The third kappa shape index (κ3) is 5.34. The van der Waals surface area contributed by atoms with Crippen molar-refractivity contribution >= 4 is 11.9 Å². The van der Waals surface area contributed by atoms with Gasteiger partial charge in [-0.1, -0.05) is 38.0 Å². The summed E-state index contributed by atoms with van der Waals surface area (Å²) in [4.78, 5) is 39.4. The highest BCUT2D eigenvalue weighted by molar-refractivity contribution is 5.95. The zero-order valence-corrected chi connectivity index (χ0v) is 20.9. The van der Waals surface area contributed by atoms with Crippen molar-refractivity contribution in [3.63, 3.8) is 0 Å². The van der Waals surface area contributed by atoms with E-state index in [4.69, 9.17) is 0 Å². The molecule has 1 spiro atoms. The lowest BCUT2D eigenvalue weighted by Crippen LogP contribution is -2.62. The summed E-state index contributed by atoms with van der Waals surface area (Å²) in [5.74, 6) is -3.95. The normalized spacial score (nSPS) is 22.0. The number of aliphatic hydroxyl groups is 1. The van der Waals surface area contributed by atoms with Gasteiger partial charge in [-0.3, -0.25) is 9.59 Å². The van der Waals surface area contributed by atoms with Gasteiger partial charge in [0.05, 0.1) is 24.1 Å². The minimum atomic E-state index is -4.48. The maximum Gasteiger partial charge on any atom is 0.389 e. The molecule has 2 N–H and O–H groups in total. The van der Waals surface area contributed by atoms with Gasteiger partial charge in [-0.15, -0.1) is 0 Å². The van der Waals surface area contributed by atoms with E-state index >= 15 is 0 Å². The van der Waals surface area contributed by atoms with E-state index in [1.165, 1.54) is 30.0 Å². The van der Waals surface area contributed by atoms with E-state index in [0.29, 0.717) is 12.8 Å². The highest BCUT2D eigenvalue weighted by Crippen LogP contribution is 2.52. The van der Waals surface area contributed by atoms with E-state index in [1.54, 1.807) is 0 Å². The van der Waals surface area contributed by atoms with Crippen LogP contribution in [-0.2, 0) is 11.3 Å². The molecule has 206 valence electrons. The van der Waals surface area contributed by atoms with E-state index in [2.05, 4.69) is 0 Å². The number of halogens is 4. The fraction of sp³-hybridized carbons (Fsp3) is 0.519. The van der Waals surface area contributed by atoms with Crippen LogP contribution in [0.4, 0.5) is 17.6 Å². The molecular weight excluding hydrogens is 508 g/mol. The van der Waals surface area contributed by atoms with E-state index in [-0.39, 0.29) is 42.7 Å². The highest BCUT2D eigenvalue weighted by atomic mass is 19.4. The van der Waals surface area contributed by atoms with Crippen molar-refractivity contribution in [1.82, 2.24) is 9.47 Å². The van der Waals surface area contributed by atoms with E-state index in [0.717, 1.165) is 35.7 Å². The number of aromatic carboxylic acids is 1. The number of nitrogens with zero attached hydrogens (tertiary/aromatic N) is 2. The maximum absolute atomic E-state index is 14.4. The summed E-state index contributed by atoms with van der Waals surface area (Å²) in [6, 6.07) is 6.52. The molecule has 1 saturated carbocycles. The van der Waals surface area contributed by atoms with E-state index in [1.807, 2.05) is 0 Å². The molecule has 1 aliphatic heterocycles. The van der Waals surface area contributed by atoms with Crippen molar-refractivity contribution in [1.29, 1.82) is 0 Å². The number of amides is 1. The fourth-order valence-electron chi connectivity index (χ4n) is 6.08. The molecule has 1 aromatic carbocycles. The number of benzene rings is 1. The topological polar surface area (TPSA) is 99.8 Å². The number of hydrogen-bond donors (Lipinski definition) is 2. The molecule has 1 aromatic heterocycles. The first-order valence-electron chi connectivity index (χ1n) is 12.6. The lowest BCUT2D eigenvalue weighted by Gasteiger charge is -2.52. The van der Waals surface area contributed by atoms with E-state index in [9.17, 15) is 42.2 Å². The zero-order valence-electron chi connectivity index (χ0n) is 20.9. The summed E-state index contributed by atoms with van der Waals surface area (Å²) in [5, 5.41) is 21.7. The number of hydrogen-bond acceptors (Lipinski definition) is 4. The number of likely N-dealkylation sites (tertiary alicyclic amines) is 1. The monoisotopic (exact) mass is 538 g/mol. The van der Waals surface area contributed by atoms with Gasteiger partial charge >= 0.3 is 12.1 Å². The van der Waals surface area contributed by atoms with Crippen LogP contribution in [0.1, 0.15) is 55.8 Å². The van der Waals surface area contributed by atoms with Gasteiger partial charge in [-0.05, 0) is 25.3 Å². The highest BCUT2D eigenvalue weighted by Gasteiger charge is 2.56. The van der Waals surface area contributed by atoms with Crippen LogP contribution < -0.4 is 5.56 Å². The molecule has 0 radical (unpaired) electrons. The van der Waals surface area contributed by atoms with Crippen molar-refractivity contribution in [2.45, 2.75) is 63.8 Å². The van der Waals surface area contributed by atoms with Gasteiger partial charge in [0, 0.05) is 47.8 Å². The second-order valence-corrected chi connectivity index (χ2v) is 10.6. The Morgan fingerprint density at radius 1 is 1.11 bits per heavy atom. The number of carboxylic acids is 1. The quantitative estimate of drug-likeness (QED) is 0.529. The summed E-state index contributed by atoms with van der Waals surface area (Å²) in [7, 11) is 0. The van der Waals surface area contributed by atoms with Crippen molar-refractivity contribution in [3.8, 4) is 11.1 Å². The molecule has 2 unspecified atom stereocenters. The summed E-state index contributed by atoms with van der Waals surface area (Å²) in [6.45, 7) is 1.04. The van der Waals surface area contributed by atoms with Gasteiger partial charge < -0.3 is 19.7 Å². The van der Waals surface area contributed by atoms with Crippen molar-refractivity contribution in [2.75, 3.05) is 13.1 Å². The number of alkyl halides is 3. The first-order valence-corrected chi connectivity index (χ1v) is 12.6. The van der Waals surface area contributed by atoms with Gasteiger partial charge in [0.15, 0.2) is 0 Å². The van der Waals surface area contributed by atoms with Crippen molar-refractivity contribution in [2.24, 2.45) is 11.3 Å². The molecule has 2 aromatic rings. The van der Waals surface area contributed by atoms with Crippen LogP contribution in [0.2, 0.25) is 0 Å². The first kappa shape index (κ1) is 27.8. The molecule has 0 bridgehead atoms. The van der Waals surface area contributed by atoms with Crippen LogP contribution >= 0.6 is 0 Å². The Bertz CT molecular complexity index is 1280. The molecule has 1 aliphatic carbocycles. The standard InChI is InChI=1S/C27H30F4N2O5/c1-17(13-27(29,30)31)23(35)32-11-10-26(38,25(15-32)8-4-5-9-25)16-33-14-20(24(36)37)19(12-22(33)34)18-6-2-3-7-21(18)28/h2-3,6-7,12,14,17,38H,4-5,8-11,13,15-16H2,1H3,(H,36,37). The van der Waals surface area contributed by atoms with Crippen LogP contribution in [0, 0.1) is 17.2 Å². The third-order valence-corrected chi connectivity index (χ3v) is 8.06. The Balaban J connectivity index is 1.65. The van der Waals surface area contributed by atoms with Crippen LogP contribution in [0.5, 0.6) is 0 Å². The second kappa shape index (κ2) is 10.2. The maximum atomic E-state index is 14.4. The van der Waals surface area contributed by atoms with Gasteiger partial charge in [-0.2, -0.15) is 13.2 Å². The third-order valence-electron chi connectivity index (χ3n) is 8.06. The average molecular weight is 539 g/mol. The Morgan fingerprint density at radius 2 is 1.76 bits per heavy atom. The summed E-state index contributed by atoms with van der Waals surface area (Å²) >= 11 is 0. The van der Waals surface area contributed by atoms with Gasteiger partial charge in [0.1, 0.15) is 5.82 Å². The molecular formula is C27H30F4N2O5. The number of piperidine rings is 1. The lowest BCUT2D eigenvalue weighted by atomic mass is 9.65. The summed E-state index contributed by atoms with van der Waals surface area (Å²) < 4.78 is 54.1. The second-order valence-electron chi connectivity index (χ2n) is 10.6. The molecule has 1 saturated heterocycles. The molecule has 11 heteroatoms. The van der Waals surface area contributed by atoms with Gasteiger partial charge in [0.25, 0.3) is 5.56 Å². The van der Waals surface area contributed by atoms with Crippen LogP contribution in [0.15, 0.2) is 41.3 Å². The number of rotatable bonds is 6. The Hall–Kier alpha value is -3.21. The summed E-state index contributed by atoms with van der Waals surface area (Å²) in [5.41, 5.74) is -3.43. The number of carboxylic acid groups (broad SMARTS) is 1. The summed E-state index contributed by atoms with van der Waals surface area (Å²) in [6.07, 6.45) is -2.11. The van der Waals surface area contributed by atoms with Gasteiger partial charge in [-0.25, -0.2) is 9.18 Å². The first-order chi connectivity index (χ1) is 17.8. The molecule has 1 amide bonds. The number of carbonyl (C=O) groups excluding carboxylic acids is 1. The Labute approximate surface area is 216 Å². The van der Waals surface area contributed by atoms with Gasteiger partial charge in [0.2, 0.25) is 5.91 Å². The van der Waals surface area contributed by atoms with Crippen LogP contribution in [0.3, 0.4) is 0 Å². The van der Waals surface area contributed by atoms with E-state index < -0.39 is 52.8 Å². The molecule has 4 rings (SSSR count). The minimum absolute atomic E-state index is 0.00707. The predicted octanol–water partition coefficient (Wildman–Crippen LogP) is 4.46. The van der Waals surface area contributed by atoms with Crippen LogP contribution in [0.25, 0.3) is 11.1 Å². The molecule has 2 atom stereocenters. The predicted molar refractivity (Wildman–Crippen MR) is 130 cm³/mol. The smallest absolute Gasteiger partial charge is 0.389 e. The molecule has 2 fully saturated rings. The van der Waals surface area contributed by atoms with Crippen molar-refractivity contribution in [3.05, 3.63) is 58.3 Å². The molecule has 2 heterocycles. The fourth-order valence-corrected chi connectivity index (χ4v) is 6.08. The number of pyridine rings is 1. The molecule has 38 heavy (non-hydrogen) atoms. The number of carbonyl (C=O) groups is 2. The van der Waals surface area contributed by atoms with Crippen LogP contribution in [-0.4, -0.2) is 56.4 Å². The number of aromatic nitrogens is 1. The minimum Gasteiger partial charge on any atom is -0.478 e. The Kier molecular flexibility index (Phi) is 7.44. The SMILES string of the molecule is CC(CC(F)(F)F)C(=O)N1CCC(O)(Cn2cc(C(=O)O)c(-c3ccccc3F)cc2=O)C2(CCCC2)C1.